The predicted molar refractivity (Wildman–Crippen MR) is 61.0 cm³/mol. The molecule has 7 heteroatoms. The van der Waals surface area contributed by atoms with Crippen LogP contribution in [0.4, 0.5) is 0 Å². The Kier molecular flexibility index (Phi) is 4.33. The molecule has 6 nitrogen and oxygen atoms in total. The second-order valence-electron chi connectivity index (χ2n) is 3.29. The van der Waals surface area contributed by atoms with E-state index in [0.717, 1.165) is 12.1 Å². The van der Waals surface area contributed by atoms with Crippen LogP contribution in [0.5, 0.6) is 11.5 Å². The van der Waals surface area contributed by atoms with E-state index >= 15 is 0 Å². The largest absolute Gasteiger partial charge is 0.508 e. The maximum absolute atomic E-state index is 11.8. The number of aromatic hydroxyl groups is 2. The summed E-state index contributed by atoms with van der Waals surface area (Å²) < 4.78 is 28.4. The molecule has 1 aromatic carbocycles. The Morgan fingerprint density at radius 1 is 1.24 bits per heavy atom. The fourth-order valence-electron chi connectivity index (χ4n) is 1.21. The minimum Gasteiger partial charge on any atom is -0.508 e. The molecule has 0 radical (unpaired) electrons. The molecule has 0 bridgehead atoms. The Hall–Kier alpha value is -1.31. The van der Waals surface area contributed by atoms with E-state index in [0.29, 0.717) is 13.1 Å². The molecule has 0 saturated carbocycles. The first-order chi connectivity index (χ1) is 7.90. The number of benzene rings is 1. The lowest BCUT2D eigenvalue weighted by molar-refractivity contribution is -0.0415. The van der Waals surface area contributed by atoms with Crippen LogP contribution in [-0.4, -0.2) is 36.8 Å². The minimum absolute atomic E-state index is 0.260. The summed E-state index contributed by atoms with van der Waals surface area (Å²) in [7, 11) is -4.12. The Morgan fingerprint density at radius 3 is 2.35 bits per heavy atom. The third-order valence-electron chi connectivity index (χ3n) is 2.12. The Balaban J connectivity index is 3.09. The van der Waals surface area contributed by atoms with Crippen LogP contribution in [0.2, 0.25) is 0 Å². The first-order valence-corrected chi connectivity index (χ1v) is 6.53. The predicted octanol–water partition coefficient (Wildman–Crippen LogP) is 1.06. The second kappa shape index (κ2) is 5.35. The molecule has 0 heterocycles. The fraction of sp³-hybridized carbons (Fsp3) is 0.400. The number of rotatable bonds is 5. The van der Waals surface area contributed by atoms with E-state index in [-0.39, 0.29) is 5.75 Å². The zero-order chi connectivity index (χ0) is 13.1. The molecule has 0 amide bonds. The number of nitrogens with zero attached hydrogens (tertiary/aromatic N) is 1. The number of phenols is 2. The van der Waals surface area contributed by atoms with Crippen molar-refractivity contribution < 1.29 is 22.9 Å². The van der Waals surface area contributed by atoms with E-state index in [2.05, 4.69) is 0 Å². The molecule has 1 aromatic rings. The van der Waals surface area contributed by atoms with E-state index in [4.69, 9.17) is 4.28 Å². The van der Waals surface area contributed by atoms with Gasteiger partial charge in [-0.1, -0.05) is 13.8 Å². The normalized spacial score (nSPS) is 11.9. The molecule has 0 atom stereocenters. The highest BCUT2D eigenvalue weighted by atomic mass is 32.2. The maximum Gasteiger partial charge on any atom is 0.316 e. The summed E-state index contributed by atoms with van der Waals surface area (Å²) in [6.45, 7) is 4.24. The summed E-state index contributed by atoms with van der Waals surface area (Å²) in [5.41, 5.74) is 0. The van der Waals surface area contributed by atoms with Gasteiger partial charge < -0.3 is 10.2 Å². The van der Waals surface area contributed by atoms with Crippen molar-refractivity contribution >= 4 is 10.1 Å². The zero-order valence-corrected chi connectivity index (χ0v) is 10.4. The number of phenolic OH excluding ortho intramolecular Hbond substituents is 2. The summed E-state index contributed by atoms with van der Waals surface area (Å²) in [6.07, 6.45) is 0. The smallest absolute Gasteiger partial charge is 0.316 e. The molecule has 0 spiro atoms. The summed E-state index contributed by atoms with van der Waals surface area (Å²) in [5, 5.41) is 19.9. The van der Waals surface area contributed by atoms with Gasteiger partial charge in [0.1, 0.15) is 16.4 Å². The second-order valence-corrected chi connectivity index (χ2v) is 4.79. The van der Waals surface area contributed by atoms with E-state index in [1.807, 2.05) is 0 Å². The summed E-state index contributed by atoms with van der Waals surface area (Å²) in [5.74, 6) is -0.723. The van der Waals surface area contributed by atoms with Crippen molar-refractivity contribution in [1.29, 1.82) is 0 Å². The number of hydrogen-bond acceptors (Lipinski definition) is 6. The van der Waals surface area contributed by atoms with Crippen molar-refractivity contribution in [2.24, 2.45) is 0 Å². The van der Waals surface area contributed by atoms with Crippen molar-refractivity contribution in [2.75, 3.05) is 13.1 Å². The van der Waals surface area contributed by atoms with Gasteiger partial charge in [0.2, 0.25) is 0 Å². The minimum atomic E-state index is -4.12. The summed E-state index contributed by atoms with van der Waals surface area (Å²) in [4.78, 5) is -0.454. The van der Waals surface area contributed by atoms with E-state index in [1.165, 1.54) is 11.1 Å². The molecule has 0 aromatic heterocycles. The van der Waals surface area contributed by atoms with Crippen LogP contribution >= 0.6 is 0 Å². The van der Waals surface area contributed by atoms with Crippen LogP contribution in [0.25, 0.3) is 0 Å². The third kappa shape index (κ3) is 3.32. The lowest BCUT2D eigenvalue weighted by atomic mass is 10.3. The van der Waals surface area contributed by atoms with Crippen molar-refractivity contribution in [1.82, 2.24) is 5.06 Å². The SMILES string of the molecule is CCN(CC)OS(=O)(=O)c1cc(O)ccc1O. The highest BCUT2D eigenvalue weighted by molar-refractivity contribution is 7.86. The van der Waals surface area contributed by atoms with Crippen LogP contribution in [0.15, 0.2) is 23.1 Å². The molecule has 0 saturated heterocycles. The Labute approximate surface area is 100 Å². The first-order valence-electron chi connectivity index (χ1n) is 5.12. The van der Waals surface area contributed by atoms with Crippen molar-refractivity contribution in [3.8, 4) is 11.5 Å². The molecule has 96 valence electrons. The van der Waals surface area contributed by atoms with Gasteiger partial charge in [-0.05, 0) is 12.1 Å². The molecule has 17 heavy (non-hydrogen) atoms. The first kappa shape index (κ1) is 13.8. The third-order valence-corrected chi connectivity index (χ3v) is 3.39. The molecular weight excluding hydrogens is 246 g/mol. The lowest BCUT2D eigenvalue weighted by Crippen LogP contribution is -2.27. The molecule has 2 N–H and O–H groups in total. The summed E-state index contributed by atoms with van der Waals surface area (Å²) in [6, 6.07) is 3.22. The summed E-state index contributed by atoms with van der Waals surface area (Å²) >= 11 is 0. The van der Waals surface area contributed by atoms with Gasteiger partial charge in [-0.3, -0.25) is 0 Å². The van der Waals surface area contributed by atoms with Gasteiger partial charge in [0, 0.05) is 19.2 Å². The molecule has 0 unspecified atom stereocenters. The van der Waals surface area contributed by atoms with Crippen molar-refractivity contribution in [3.63, 3.8) is 0 Å². The standard InChI is InChI=1S/C10H15NO5S/c1-3-11(4-2)16-17(14,15)10-7-8(12)5-6-9(10)13/h5-7,12-13H,3-4H2,1-2H3. The molecular formula is C10H15NO5S. The van der Waals surface area contributed by atoms with Gasteiger partial charge >= 0.3 is 10.1 Å². The quantitative estimate of drug-likeness (QED) is 0.608. The van der Waals surface area contributed by atoms with Crippen molar-refractivity contribution in [3.05, 3.63) is 18.2 Å². The highest BCUT2D eigenvalue weighted by Gasteiger charge is 2.23. The lowest BCUT2D eigenvalue weighted by Gasteiger charge is -2.17. The van der Waals surface area contributed by atoms with Gasteiger partial charge in [0.15, 0.2) is 0 Å². The number of hydroxylamine groups is 2. The average molecular weight is 261 g/mol. The average Bonchev–Trinajstić information content (AvgIpc) is 2.29. The molecule has 0 aliphatic heterocycles. The van der Waals surface area contributed by atoms with E-state index < -0.39 is 20.8 Å². The number of hydrogen-bond donors (Lipinski definition) is 2. The van der Waals surface area contributed by atoms with Crippen LogP contribution in [-0.2, 0) is 14.4 Å². The maximum atomic E-state index is 11.8. The molecule has 0 aliphatic rings. The van der Waals surface area contributed by atoms with Crippen LogP contribution in [0, 0.1) is 0 Å². The Morgan fingerprint density at radius 2 is 1.82 bits per heavy atom. The van der Waals surface area contributed by atoms with Crippen LogP contribution < -0.4 is 0 Å². The molecule has 0 aliphatic carbocycles. The van der Waals surface area contributed by atoms with Gasteiger partial charge in [-0.15, -0.1) is 0 Å². The van der Waals surface area contributed by atoms with Crippen molar-refractivity contribution in [2.45, 2.75) is 18.7 Å². The van der Waals surface area contributed by atoms with Crippen LogP contribution in [0.1, 0.15) is 13.8 Å². The highest BCUT2D eigenvalue weighted by Crippen LogP contribution is 2.28. The van der Waals surface area contributed by atoms with Gasteiger partial charge in [-0.25, -0.2) is 0 Å². The fourth-order valence-corrected chi connectivity index (χ4v) is 2.37. The zero-order valence-electron chi connectivity index (χ0n) is 9.62. The van der Waals surface area contributed by atoms with E-state index in [9.17, 15) is 18.6 Å². The van der Waals surface area contributed by atoms with Gasteiger partial charge in [-0.2, -0.15) is 17.8 Å². The topological polar surface area (TPSA) is 87.1 Å². The molecule has 1 rings (SSSR count). The van der Waals surface area contributed by atoms with E-state index in [1.54, 1.807) is 13.8 Å². The van der Waals surface area contributed by atoms with Gasteiger partial charge in [0.25, 0.3) is 0 Å². The monoisotopic (exact) mass is 261 g/mol. The Bertz CT molecular complexity index is 481. The van der Waals surface area contributed by atoms with Gasteiger partial charge in [0.05, 0.1) is 0 Å². The van der Waals surface area contributed by atoms with Crippen LogP contribution in [0.3, 0.4) is 0 Å². The molecule has 0 fully saturated rings.